The molecular formula is C14H14N4O2S. The molecule has 0 atom stereocenters. The van der Waals surface area contributed by atoms with Gasteiger partial charge in [0.2, 0.25) is 11.0 Å². The predicted octanol–water partition coefficient (Wildman–Crippen LogP) is 2.63. The normalized spacial score (nSPS) is 13.8. The van der Waals surface area contributed by atoms with Crippen molar-refractivity contribution in [3.8, 4) is 0 Å². The molecule has 1 heterocycles. The molecule has 2 amide bonds. The van der Waals surface area contributed by atoms with Gasteiger partial charge in [0.25, 0.3) is 5.91 Å². The minimum Gasteiger partial charge on any atom is -0.326 e. The molecule has 7 heteroatoms. The number of nitrogens with zero attached hydrogens (tertiary/aromatic N) is 2. The number of aromatic nitrogens is 2. The van der Waals surface area contributed by atoms with Gasteiger partial charge in [-0.2, -0.15) is 0 Å². The Morgan fingerprint density at radius 1 is 1.14 bits per heavy atom. The Balaban J connectivity index is 1.65. The number of amides is 2. The molecule has 0 unspecified atom stereocenters. The SMILES string of the molecule is CC(=O)Nc1ccc(C(=O)Nc2nnc(C3CC3)s2)cc1. The van der Waals surface area contributed by atoms with E-state index in [9.17, 15) is 9.59 Å². The summed E-state index contributed by atoms with van der Waals surface area (Å²) in [4.78, 5) is 23.0. The Hall–Kier alpha value is -2.28. The lowest BCUT2D eigenvalue weighted by atomic mass is 10.2. The van der Waals surface area contributed by atoms with Crippen LogP contribution in [0.4, 0.5) is 10.8 Å². The van der Waals surface area contributed by atoms with E-state index in [1.54, 1.807) is 24.3 Å². The van der Waals surface area contributed by atoms with Crippen molar-refractivity contribution in [2.45, 2.75) is 25.7 Å². The Bertz CT molecular complexity index is 677. The maximum atomic E-state index is 12.1. The summed E-state index contributed by atoms with van der Waals surface area (Å²) in [6, 6.07) is 6.69. The summed E-state index contributed by atoms with van der Waals surface area (Å²) in [6.45, 7) is 1.44. The van der Waals surface area contributed by atoms with Crippen LogP contribution in [0.15, 0.2) is 24.3 Å². The maximum absolute atomic E-state index is 12.1. The van der Waals surface area contributed by atoms with E-state index < -0.39 is 0 Å². The summed E-state index contributed by atoms with van der Waals surface area (Å²) < 4.78 is 0. The Morgan fingerprint density at radius 3 is 2.48 bits per heavy atom. The minimum atomic E-state index is -0.233. The van der Waals surface area contributed by atoms with E-state index in [1.165, 1.54) is 18.3 Å². The van der Waals surface area contributed by atoms with Crippen molar-refractivity contribution in [1.29, 1.82) is 0 Å². The molecule has 0 aliphatic heterocycles. The highest BCUT2D eigenvalue weighted by molar-refractivity contribution is 7.15. The number of anilines is 2. The van der Waals surface area contributed by atoms with E-state index in [-0.39, 0.29) is 11.8 Å². The lowest BCUT2D eigenvalue weighted by Gasteiger charge is -2.04. The number of benzene rings is 1. The van der Waals surface area contributed by atoms with E-state index in [2.05, 4.69) is 20.8 Å². The van der Waals surface area contributed by atoms with Gasteiger partial charge in [0.1, 0.15) is 5.01 Å². The molecule has 0 bridgehead atoms. The van der Waals surface area contributed by atoms with Gasteiger partial charge in [-0.3, -0.25) is 14.9 Å². The van der Waals surface area contributed by atoms with Crippen LogP contribution in [-0.2, 0) is 4.79 Å². The third-order valence-corrected chi connectivity index (χ3v) is 4.06. The van der Waals surface area contributed by atoms with Crippen LogP contribution in [0.3, 0.4) is 0 Å². The third-order valence-electron chi connectivity index (χ3n) is 3.06. The van der Waals surface area contributed by atoms with Crippen molar-refractivity contribution in [2.24, 2.45) is 0 Å². The van der Waals surface area contributed by atoms with E-state index in [4.69, 9.17) is 0 Å². The molecule has 108 valence electrons. The van der Waals surface area contributed by atoms with Gasteiger partial charge in [-0.1, -0.05) is 11.3 Å². The Morgan fingerprint density at radius 2 is 1.86 bits per heavy atom. The Labute approximate surface area is 125 Å². The fraction of sp³-hybridized carbons (Fsp3) is 0.286. The van der Waals surface area contributed by atoms with Gasteiger partial charge in [-0.15, -0.1) is 10.2 Å². The second-order valence-corrected chi connectivity index (χ2v) is 5.94. The van der Waals surface area contributed by atoms with Gasteiger partial charge >= 0.3 is 0 Å². The molecule has 1 aliphatic rings. The fourth-order valence-electron chi connectivity index (χ4n) is 1.86. The molecule has 0 radical (unpaired) electrons. The number of rotatable bonds is 4. The van der Waals surface area contributed by atoms with Crippen molar-refractivity contribution in [1.82, 2.24) is 10.2 Å². The predicted molar refractivity (Wildman–Crippen MR) is 80.6 cm³/mol. The van der Waals surface area contributed by atoms with Gasteiger partial charge in [0.05, 0.1) is 0 Å². The molecule has 2 N–H and O–H groups in total. The average Bonchev–Trinajstić information content (AvgIpc) is 3.20. The van der Waals surface area contributed by atoms with Gasteiger partial charge in [-0.25, -0.2) is 0 Å². The topological polar surface area (TPSA) is 84.0 Å². The van der Waals surface area contributed by atoms with Crippen LogP contribution >= 0.6 is 11.3 Å². The smallest absolute Gasteiger partial charge is 0.257 e. The van der Waals surface area contributed by atoms with Crippen LogP contribution in [-0.4, -0.2) is 22.0 Å². The second kappa shape index (κ2) is 5.61. The zero-order valence-electron chi connectivity index (χ0n) is 11.4. The molecule has 1 aliphatic carbocycles. The van der Waals surface area contributed by atoms with Crippen molar-refractivity contribution in [3.63, 3.8) is 0 Å². The molecule has 1 saturated carbocycles. The summed E-state index contributed by atoms with van der Waals surface area (Å²) in [7, 11) is 0. The van der Waals surface area contributed by atoms with Gasteiger partial charge < -0.3 is 5.32 Å². The summed E-state index contributed by atoms with van der Waals surface area (Å²) >= 11 is 1.43. The molecule has 0 spiro atoms. The number of hydrogen-bond donors (Lipinski definition) is 2. The molecule has 21 heavy (non-hydrogen) atoms. The highest BCUT2D eigenvalue weighted by Crippen LogP contribution is 2.42. The van der Waals surface area contributed by atoms with Crippen LogP contribution in [0.2, 0.25) is 0 Å². The first-order valence-corrected chi connectivity index (χ1v) is 7.46. The molecular weight excluding hydrogens is 288 g/mol. The van der Waals surface area contributed by atoms with Crippen LogP contribution in [0.1, 0.15) is 41.0 Å². The van der Waals surface area contributed by atoms with Crippen LogP contribution in [0.25, 0.3) is 0 Å². The quantitative estimate of drug-likeness (QED) is 0.909. The van der Waals surface area contributed by atoms with Crippen molar-refractivity contribution in [2.75, 3.05) is 10.6 Å². The highest BCUT2D eigenvalue weighted by atomic mass is 32.1. The average molecular weight is 302 g/mol. The van der Waals surface area contributed by atoms with Crippen molar-refractivity contribution in [3.05, 3.63) is 34.8 Å². The maximum Gasteiger partial charge on any atom is 0.257 e. The molecule has 1 aromatic carbocycles. The first kappa shape index (κ1) is 13.7. The van der Waals surface area contributed by atoms with E-state index in [0.717, 1.165) is 17.8 Å². The third kappa shape index (κ3) is 3.43. The van der Waals surface area contributed by atoms with Crippen LogP contribution in [0.5, 0.6) is 0 Å². The van der Waals surface area contributed by atoms with Gasteiger partial charge in [0.15, 0.2) is 0 Å². The van der Waals surface area contributed by atoms with Gasteiger partial charge in [-0.05, 0) is 37.1 Å². The second-order valence-electron chi connectivity index (χ2n) is 4.93. The first-order valence-electron chi connectivity index (χ1n) is 6.64. The summed E-state index contributed by atoms with van der Waals surface area (Å²) in [5.41, 5.74) is 1.17. The molecule has 1 fully saturated rings. The number of carbonyl (C=O) groups is 2. The molecule has 3 rings (SSSR count). The van der Waals surface area contributed by atoms with Crippen LogP contribution in [0, 0.1) is 0 Å². The fourth-order valence-corrected chi connectivity index (χ4v) is 2.77. The zero-order chi connectivity index (χ0) is 14.8. The Kier molecular flexibility index (Phi) is 3.66. The van der Waals surface area contributed by atoms with E-state index in [0.29, 0.717) is 22.3 Å². The summed E-state index contributed by atoms with van der Waals surface area (Å²) in [5, 5.41) is 15.0. The van der Waals surface area contributed by atoms with Crippen LogP contribution < -0.4 is 10.6 Å². The zero-order valence-corrected chi connectivity index (χ0v) is 12.2. The standard InChI is InChI=1S/C14H14N4O2S/c1-8(19)15-11-6-4-9(5-7-11)12(20)16-14-18-17-13(21-14)10-2-3-10/h4-7,10H,2-3H2,1H3,(H,15,19)(H,16,18,20). The summed E-state index contributed by atoms with van der Waals surface area (Å²) in [6.07, 6.45) is 2.32. The molecule has 2 aromatic rings. The highest BCUT2D eigenvalue weighted by Gasteiger charge is 2.27. The molecule has 1 aromatic heterocycles. The lowest BCUT2D eigenvalue weighted by molar-refractivity contribution is -0.114. The molecule has 6 nitrogen and oxygen atoms in total. The first-order chi connectivity index (χ1) is 10.1. The number of carbonyl (C=O) groups excluding carboxylic acids is 2. The largest absolute Gasteiger partial charge is 0.326 e. The minimum absolute atomic E-state index is 0.145. The summed E-state index contributed by atoms with van der Waals surface area (Å²) in [5.74, 6) is 0.154. The number of nitrogens with one attached hydrogen (secondary N) is 2. The van der Waals surface area contributed by atoms with E-state index >= 15 is 0 Å². The lowest BCUT2D eigenvalue weighted by Crippen LogP contribution is -2.12. The van der Waals surface area contributed by atoms with E-state index in [1.807, 2.05) is 0 Å². The van der Waals surface area contributed by atoms with Crippen molar-refractivity contribution >= 4 is 34.0 Å². The van der Waals surface area contributed by atoms with Gasteiger partial charge in [0, 0.05) is 24.1 Å². The number of hydrogen-bond acceptors (Lipinski definition) is 5. The van der Waals surface area contributed by atoms with Crippen molar-refractivity contribution < 1.29 is 9.59 Å². The molecule has 0 saturated heterocycles. The monoisotopic (exact) mass is 302 g/mol.